The highest BCUT2D eigenvalue weighted by Gasteiger charge is 2.28. The van der Waals surface area contributed by atoms with Crippen LogP contribution in [0.25, 0.3) is 0 Å². The standard InChI is InChI=1S/C11H19F3N2OS/c1-8-5-9(2)7-16(6-8)10(17)15-3-4-18-11(12,13)14/h8-9H,3-7H2,1-2H3,(H,15,17)/t8-,9+. The van der Waals surface area contributed by atoms with E-state index in [0.717, 1.165) is 6.42 Å². The summed E-state index contributed by atoms with van der Waals surface area (Å²) in [6, 6.07) is -0.254. The summed E-state index contributed by atoms with van der Waals surface area (Å²) in [5.74, 6) is 0.752. The molecule has 0 aromatic heterocycles. The van der Waals surface area contributed by atoms with Crippen molar-refractivity contribution >= 4 is 17.8 Å². The maximum Gasteiger partial charge on any atom is 0.441 e. The lowest BCUT2D eigenvalue weighted by Crippen LogP contribution is -2.47. The number of nitrogens with zero attached hydrogens (tertiary/aromatic N) is 1. The molecule has 0 radical (unpaired) electrons. The topological polar surface area (TPSA) is 32.3 Å². The van der Waals surface area contributed by atoms with Crippen molar-refractivity contribution in [2.75, 3.05) is 25.4 Å². The van der Waals surface area contributed by atoms with E-state index in [1.165, 1.54) is 0 Å². The normalized spacial score (nSPS) is 25.1. The van der Waals surface area contributed by atoms with Gasteiger partial charge in [0.15, 0.2) is 0 Å². The summed E-state index contributed by atoms with van der Waals surface area (Å²) < 4.78 is 35.6. The lowest BCUT2D eigenvalue weighted by molar-refractivity contribution is -0.0327. The first kappa shape index (κ1) is 15.5. The van der Waals surface area contributed by atoms with Crippen molar-refractivity contribution in [3.63, 3.8) is 0 Å². The average Bonchev–Trinajstić information content (AvgIpc) is 2.21. The lowest BCUT2D eigenvalue weighted by atomic mass is 9.92. The summed E-state index contributed by atoms with van der Waals surface area (Å²) in [4.78, 5) is 13.4. The van der Waals surface area contributed by atoms with Crippen LogP contribution in [0.1, 0.15) is 20.3 Å². The van der Waals surface area contributed by atoms with Crippen molar-refractivity contribution in [2.45, 2.75) is 25.8 Å². The van der Waals surface area contributed by atoms with Crippen molar-refractivity contribution in [1.29, 1.82) is 0 Å². The summed E-state index contributed by atoms with van der Waals surface area (Å²) in [5, 5.41) is 2.53. The maximum atomic E-state index is 11.9. The SMILES string of the molecule is C[C@@H]1C[C@H](C)CN(C(=O)NCCSC(F)(F)F)C1. The Balaban J connectivity index is 2.24. The molecule has 1 saturated heterocycles. The summed E-state index contributed by atoms with van der Waals surface area (Å²) in [6.45, 7) is 5.57. The molecule has 106 valence electrons. The molecule has 0 spiro atoms. The zero-order valence-corrected chi connectivity index (χ0v) is 11.4. The number of piperidine rings is 1. The minimum Gasteiger partial charge on any atom is -0.337 e. The number of halogens is 3. The predicted molar refractivity (Wildman–Crippen MR) is 66.4 cm³/mol. The first-order chi connectivity index (χ1) is 8.28. The Morgan fingerprint density at radius 2 is 1.89 bits per heavy atom. The van der Waals surface area contributed by atoms with E-state index in [9.17, 15) is 18.0 Å². The molecule has 0 bridgehead atoms. The molecule has 0 aromatic carbocycles. The Morgan fingerprint density at radius 1 is 1.33 bits per heavy atom. The van der Waals surface area contributed by atoms with Gasteiger partial charge >= 0.3 is 11.5 Å². The van der Waals surface area contributed by atoms with Gasteiger partial charge in [-0.3, -0.25) is 0 Å². The van der Waals surface area contributed by atoms with Gasteiger partial charge in [-0.25, -0.2) is 4.79 Å². The van der Waals surface area contributed by atoms with Crippen molar-refractivity contribution in [3.8, 4) is 0 Å². The molecule has 2 amide bonds. The highest BCUT2D eigenvalue weighted by molar-refractivity contribution is 8.00. The molecule has 0 aliphatic carbocycles. The first-order valence-corrected chi connectivity index (χ1v) is 7.00. The predicted octanol–water partition coefficient (Wildman–Crippen LogP) is 2.93. The van der Waals surface area contributed by atoms with Crippen LogP contribution in [0.3, 0.4) is 0 Å². The molecule has 0 saturated carbocycles. The van der Waals surface area contributed by atoms with Crippen molar-refractivity contribution in [1.82, 2.24) is 10.2 Å². The van der Waals surface area contributed by atoms with Gasteiger partial charge in [-0.15, -0.1) is 0 Å². The summed E-state index contributed by atoms with van der Waals surface area (Å²) in [7, 11) is 0. The van der Waals surface area contributed by atoms with Crippen LogP contribution in [0.2, 0.25) is 0 Å². The fraction of sp³-hybridized carbons (Fsp3) is 0.909. The van der Waals surface area contributed by atoms with E-state index in [2.05, 4.69) is 19.2 Å². The van der Waals surface area contributed by atoms with Gasteiger partial charge in [0, 0.05) is 25.4 Å². The highest BCUT2D eigenvalue weighted by Crippen LogP contribution is 2.29. The van der Waals surface area contributed by atoms with E-state index >= 15 is 0 Å². The van der Waals surface area contributed by atoms with E-state index in [0.29, 0.717) is 24.9 Å². The molecule has 1 aliphatic heterocycles. The molecule has 1 fully saturated rings. The molecule has 0 unspecified atom stereocenters. The Labute approximate surface area is 109 Å². The number of hydrogen-bond acceptors (Lipinski definition) is 2. The fourth-order valence-electron chi connectivity index (χ4n) is 2.27. The zero-order chi connectivity index (χ0) is 13.8. The zero-order valence-electron chi connectivity index (χ0n) is 10.6. The molecule has 1 aliphatic rings. The molecular formula is C11H19F3N2OS. The number of hydrogen-bond donors (Lipinski definition) is 1. The van der Waals surface area contributed by atoms with Gasteiger partial charge in [-0.05, 0) is 30.0 Å². The monoisotopic (exact) mass is 284 g/mol. The van der Waals surface area contributed by atoms with Crippen LogP contribution in [-0.4, -0.2) is 41.8 Å². The van der Waals surface area contributed by atoms with Crippen LogP contribution in [-0.2, 0) is 0 Å². The number of nitrogens with one attached hydrogen (secondary N) is 1. The molecule has 7 heteroatoms. The van der Waals surface area contributed by atoms with Gasteiger partial charge in [-0.1, -0.05) is 13.8 Å². The summed E-state index contributed by atoms with van der Waals surface area (Å²) in [6.07, 6.45) is 1.09. The van der Waals surface area contributed by atoms with Gasteiger partial charge in [0.05, 0.1) is 0 Å². The minimum absolute atomic E-state index is 0.0439. The van der Waals surface area contributed by atoms with E-state index in [1.54, 1.807) is 4.90 Å². The maximum absolute atomic E-state index is 11.9. The second-order valence-corrected chi connectivity index (χ2v) is 6.04. The third-order valence-corrected chi connectivity index (χ3v) is 3.54. The number of urea groups is 1. The van der Waals surface area contributed by atoms with Crippen LogP contribution in [0.4, 0.5) is 18.0 Å². The van der Waals surface area contributed by atoms with E-state index in [-0.39, 0.29) is 30.1 Å². The van der Waals surface area contributed by atoms with E-state index < -0.39 is 5.51 Å². The number of likely N-dealkylation sites (tertiary alicyclic amines) is 1. The quantitative estimate of drug-likeness (QED) is 0.808. The van der Waals surface area contributed by atoms with Crippen LogP contribution < -0.4 is 5.32 Å². The van der Waals surface area contributed by atoms with Gasteiger partial charge in [0.1, 0.15) is 0 Å². The van der Waals surface area contributed by atoms with Crippen LogP contribution in [0.15, 0.2) is 0 Å². The minimum atomic E-state index is -4.22. The fourth-order valence-corrected chi connectivity index (χ4v) is 2.70. The molecule has 2 atom stereocenters. The Hall–Kier alpha value is -0.590. The third kappa shape index (κ3) is 5.84. The smallest absolute Gasteiger partial charge is 0.337 e. The molecule has 1 N–H and O–H groups in total. The second kappa shape index (κ2) is 6.54. The first-order valence-electron chi connectivity index (χ1n) is 6.01. The van der Waals surface area contributed by atoms with E-state index in [1.807, 2.05) is 0 Å². The number of carbonyl (C=O) groups excluding carboxylic acids is 1. The van der Waals surface area contributed by atoms with Crippen molar-refractivity contribution < 1.29 is 18.0 Å². The second-order valence-electron chi connectivity index (χ2n) is 4.88. The van der Waals surface area contributed by atoms with E-state index in [4.69, 9.17) is 0 Å². The number of carbonyl (C=O) groups is 1. The van der Waals surface area contributed by atoms with Gasteiger partial charge in [0.2, 0.25) is 0 Å². The number of thioether (sulfide) groups is 1. The Morgan fingerprint density at radius 3 is 2.39 bits per heavy atom. The summed E-state index contributed by atoms with van der Waals surface area (Å²) in [5.41, 5.74) is -4.22. The largest absolute Gasteiger partial charge is 0.441 e. The number of alkyl halides is 3. The Bertz CT molecular complexity index is 276. The Kier molecular flexibility index (Phi) is 5.62. The van der Waals surface area contributed by atoms with Crippen LogP contribution in [0.5, 0.6) is 0 Å². The van der Waals surface area contributed by atoms with Gasteiger partial charge in [0.25, 0.3) is 0 Å². The molecule has 0 aromatic rings. The van der Waals surface area contributed by atoms with Crippen molar-refractivity contribution in [2.24, 2.45) is 11.8 Å². The molecule has 3 nitrogen and oxygen atoms in total. The van der Waals surface area contributed by atoms with Gasteiger partial charge < -0.3 is 10.2 Å². The molecule has 1 heterocycles. The third-order valence-electron chi connectivity index (χ3n) is 2.80. The average molecular weight is 284 g/mol. The number of amides is 2. The summed E-state index contributed by atoms with van der Waals surface area (Å²) >= 11 is -0.110. The van der Waals surface area contributed by atoms with Crippen LogP contribution in [0, 0.1) is 11.8 Å². The molecule has 1 rings (SSSR count). The highest BCUT2D eigenvalue weighted by atomic mass is 32.2. The van der Waals surface area contributed by atoms with Crippen LogP contribution >= 0.6 is 11.8 Å². The van der Waals surface area contributed by atoms with Gasteiger partial charge in [-0.2, -0.15) is 13.2 Å². The van der Waals surface area contributed by atoms with Crippen molar-refractivity contribution in [3.05, 3.63) is 0 Å². The molecular weight excluding hydrogens is 265 g/mol. The lowest BCUT2D eigenvalue weighted by Gasteiger charge is -2.34. The molecule has 18 heavy (non-hydrogen) atoms. The number of rotatable bonds is 3.